The van der Waals surface area contributed by atoms with Crippen molar-refractivity contribution >= 4 is 33.1 Å². The molecule has 2 rings (SSSR count). The Kier molecular flexibility index (Phi) is 5.56. The summed E-state index contributed by atoms with van der Waals surface area (Å²) in [6, 6.07) is 16.1. The lowest BCUT2D eigenvalue weighted by Gasteiger charge is -2.09. The first-order chi connectivity index (χ1) is 9.66. The number of aryl methyl sites for hydroxylation is 1. The van der Waals surface area contributed by atoms with Gasteiger partial charge in [0.05, 0.1) is 11.1 Å². The van der Waals surface area contributed by atoms with E-state index in [0.717, 1.165) is 28.6 Å². The highest BCUT2D eigenvalue weighted by atomic mass is 79.9. The van der Waals surface area contributed by atoms with Crippen molar-refractivity contribution in [2.24, 2.45) is 5.73 Å². The van der Waals surface area contributed by atoms with Gasteiger partial charge in [0.15, 0.2) is 0 Å². The fraction of sp³-hybridized carbons (Fsp3) is 0.188. The Labute approximate surface area is 133 Å². The topological polar surface area (TPSA) is 35.2 Å². The smallest absolute Gasteiger partial charge is 0.133 e. The molecule has 20 heavy (non-hydrogen) atoms. The van der Waals surface area contributed by atoms with E-state index in [1.807, 2.05) is 24.3 Å². The van der Waals surface area contributed by atoms with Crippen molar-refractivity contribution in [3.8, 4) is 5.75 Å². The monoisotopic (exact) mass is 349 g/mol. The Bertz CT molecular complexity index is 586. The molecule has 0 spiro atoms. The van der Waals surface area contributed by atoms with E-state index in [1.54, 1.807) is 0 Å². The molecule has 0 atom stereocenters. The standard InChI is InChI=1S/C16H16BrNOS/c17-14-11-13(16(18)20)8-9-15(14)19-10-4-7-12-5-2-1-3-6-12/h1-3,5-6,8-9,11H,4,7,10H2,(H2,18,20). The molecule has 0 aromatic heterocycles. The van der Waals surface area contributed by atoms with Gasteiger partial charge in [0.25, 0.3) is 0 Å². The predicted octanol–water partition coefficient (Wildman–Crippen LogP) is 4.09. The molecule has 0 unspecified atom stereocenters. The highest BCUT2D eigenvalue weighted by molar-refractivity contribution is 9.10. The normalized spacial score (nSPS) is 10.2. The zero-order chi connectivity index (χ0) is 14.4. The van der Waals surface area contributed by atoms with Crippen molar-refractivity contribution in [2.75, 3.05) is 6.61 Å². The molecule has 2 nitrogen and oxygen atoms in total. The fourth-order valence-corrected chi connectivity index (χ4v) is 2.49. The molecule has 0 aliphatic carbocycles. The summed E-state index contributed by atoms with van der Waals surface area (Å²) in [6.07, 6.45) is 2.00. The number of nitrogens with two attached hydrogens (primary N) is 1. The minimum absolute atomic E-state index is 0.390. The average Bonchev–Trinajstić information content (AvgIpc) is 2.46. The van der Waals surface area contributed by atoms with Gasteiger partial charge in [-0.15, -0.1) is 0 Å². The van der Waals surface area contributed by atoms with Crippen LogP contribution in [0.5, 0.6) is 5.75 Å². The first-order valence-corrected chi connectivity index (χ1v) is 7.63. The van der Waals surface area contributed by atoms with Crippen LogP contribution in [-0.2, 0) is 6.42 Å². The minimum atomic E-state index is 0.390. The quantitative estimate of drug-likeness (QED) is 0.629. The van der Waals surface area contributed by atoms with Crippen LogP contribution in [0.2, 0.25) is 0 Å². The third-order valence-corrected chi connectivity index (χ3v) is 3.78. The maximum Gasteiger partial charge on any atom is 0.133 e. The van der Waals surface area contributed by atoms with Gasteiger partial charge in [-0.1, -0.05) is 42.5 Å². The number of hydrogen-bond donors (Lipinski definition) is 1. The number of hydrogen-bond acceptors (Lipinski definition) is 2. The van der Waals surface area contributed by atoms with Crippen LogP contribution in [0.1, 0.15) is 17.5 Å². The molecule has 0 saturated carbocycles. The lowest BCUT2D eigenvalue weighted by Crippen LogP contribution is -2.09. The SMILES string of the molecule is NC(=S)c1ccc(OCCCc2ccccc2)c(Br)c1. The van der Waals surface area contributed by atoms with Crippen LogP contribution in [0, 0.1) is 0 Å². The summed E-state index contributed by atoms with van der Waals surface area (Å²) in [5, 5.41) is 0. The van der Waals surface area contributed by atoms with Crippen LogP contribution >= 0.6 is 28.1 Å². The van der Waals surface area contributed by atoms with Crippen LogP contribution in [-0.4, -0.2) is 11.6 Å². The van der Waals surface area contributed by atoms with Crippen LogP contribution in [0.4, 0.5) is 0 Å². The van der Waals surface area contributed by atoms with Gasteiger partial charge < -0.3 is 10.5 Å². The second-order valence-corrected chi connectivity index (χ2v) is 5.74. The third kappa shape index (κ3) is 4.32. The van der Waals surface area contributed by atoms with Gasteiger partial charge in [-0.3, -0.25) is 0 Å². The maximum atomic E-state index is 5.76. The van der Waals surface area contributed by atoms with Gasteiger partial charge in [0, 0.05) is 5.56 Å². The van der Waals surface area contributed by atoms with E-state index in [2.05, 4.69) is 40.2 Å². The molecule has 0 fully saturated rings. The Morgan fingerprint density at radius 3 is 2.55 bits per heavy atom. The van der Waals surface area contributed by atoms with Crippen molar-refractivity contribution < 1.29 is 4.74 Å². The number of rotatable bonds is 6. The summed E-state index contributed by atoms with van der Waals surface area (Å²) < 4.78 is 6.64. The lowest BCUT2D eigenvalue weighted by molar-refractivity contribution is 0.309. The Morgan fingerprint density at radius 2 is 1.90 bits per heavy atom. The molecule has 2 N–H and O–H groups in total. The van der Waals surface area contributed by atoms with E-state index < -0.39 is 0 Å². The molecule has 104 valence electrons. The van der Waals surface area contributed by atoms with Crippen molar-refractivity contribution in [1.82, 2.24) is 0 Å². The molecule has 0 bridgehead atoms. The first-order valence-electron chi connectivity index (χ1n) is 6.43. The van der Waals surface area contributed by atoms with E-state index in [0.29, 0.717) is 11.6 Å². The summed E-state index contributed by atoms with van der Waals surface area (Å²) in [7, 11) is 0. The molecule has 0 heterocycles. The van der Waals surface area contributed by atoms with Crippen molar-refractivity contribution in [3.05, 3.63) is 64.1 Å². The summed E-state index contributed by atoms with van der Waals surface area (Å²) in [6.45, 7) is 0.680. The molecule has 4 heteroatoms. The Hall–Kier alpha value is -1.39. The van der Waals surface area contributed by atoms with Crippen LogP contribution in [0.15, 0.2) is 53.0 Å². The van der Waals surface area contributed by atoms with Gasteiger partial charge in [-0.2, -0.15) is 0 Å². The van der Waals surface area contributed by atoms with E-state index in [-0.39, 0.29) is 0 Å². The second-order valence-electron chi connectivity index (χ2n) is 4.45. The fourth-order valence-electron chi connectivity index (χ4n) is 1.87. The summed E-state index contributed by atoms with van der Waals surface area (Å²) in [4.78, 5) is 0.390. The van der Waals surface area contributed by atoms with Gasteiger partial charge in [0.2, 0.25) is 0 Å². The van der Waals surface area contributed by atoms with Gasteiger partial charge in [0.1, 0.15) is 10.7 Å². The lowest BCUT2D eigenvalue weighted by atomic mass is 10.1. The number of benzene rings is 2. The second kappa shape index (κ2) is 7.41. The van der Waals surface area contributed by atoms with E-state index in [1.165, 1.54) is 5.56 Å². The van der Waals surface area contributed by atoms with Crippen LogP contribution in [0.25, 0.3) is 0 Å². The zero-order valence-corrected chi connectivity index (χ0v) is 13.4. The highest BCUT2D eigenvalue weighted by Gasteiger charge is 2.04. The number of halogens is 1. The molecule has 0 radical (unpaired) electrons. The molecule has 0 saturated heterocycles. The van der Waals surface area contributed by atoms with E-state index in [4.69, 9.17) is 22.7 Å². The summed E-state index contributed by atoms with van der Waals surface area (Å²) in [5.41, 5.74) is 7.76. The largest absolute Gasteiger partial charge is 0.492 e. The summed E-state index contributed by atoms with van der Waals surface area (Å²) >= 11 is 8.41. The summed E-state index contributed by atoms with van der Waals surface area (Å²) in [5.74, 6) is 0.818. The molecule has 2 aromatic carbocycles. The van der Waals surface area contributed by atoms with Crippen LogP contribution < -0.4 is 10.5 Å². The number of ether oxygens (including phenoxy) is 1. The van der Waals surface area contributed by atoms with Gasteiger partial charge >= 0.3 is 0 Å². The maximum absolute atomic E-state index is 5.76. The van der Waals surface area contributed by atoms with E-state index >= 15 is 0 Å². The van der Waals surface area contributed by atoms with E-state index in [9.17, 15) is 0 Å². The molecule has 0 aliphatic rings. The molecular formula is C16H16BrNOS. The first kappa shape index (κ1) is 15.0. The molecule has 2 aromatic rings. The van der Waals surface area contributed by atoms with Crippen molar-refractivity contribution in [2.45, 2.75) is 12.8 Å². The van der Waals surface area contributed by atoms with Crippen LogP contribution in [0.3, 0.4) is 0 Å². The Balaban J connectivity index is 1.84. The highest BCUT2D eigenvalue weighted by Crippen LogP contribution is 2.26. The molecule has 0 aliphatic heterocycles. The Morgan fingerprint density at radius 1 is 1.15 bits per heavy atom. The predicted molar refractivity (Wildman–Crippen MR) is 90.3 cm³/mol. The molecule has 0 amide bonds. The minimum Gasteiger partial charge on any atom is -0.492 e. The van der Waals surface area contributed by atoms with Crippen molar-refractivity contribution in [1.29, 1.82) is 0 Å². The average molecular weight is 350 g/mol. The van der Waals surface area contributed by atoms with Gasteiger partial charge in [-0.05, 0) is 52.5 Å². The van der Waals surface area contributed by atoms with Gasteiger partial charge in [-0.25, -0.2) is 0 Å². The zero-order valence-electron chi connectivity index (χ0n) is 11.0. The number of thiocarbonyl (C=S) groups is 1. The third-order valence-electron chi connectivity index (χ3n) is 2.93. The molecular weight excluding hydrogens is 334 g/mol. The van der Waals surface area contributed by atoms with Crippen molar-refractivity contribution in [3.63, 3.8) is 0 Å².